The van der Waals surface area contributed by atoms with Crippen LogP contribution in [-0.2, 0) is 16.3 Å². The first-order chi connectivity index (χ1) is 14.9. The predicted molar refractivity (Wildman–Crippen MR) is 126 cm³/mol. The second-order valence-electron chi connectivity index (χ2n) is 9.08. The minimum Gasteiger partial charge on any atom is -0.384 e. The number of anilines is 1. The second-order valence-corrected chi connectivity index (χ2v) is 11.8. The zero-order valence-corrected chi connectivity index (χ0v) is 19.3. The van der Waals surface area contributed by atoms with Crippen LogP contribution in [0.3, 0.4) is 0 Å². The average Bonchev–Trinajstić information content (AvgIpc) is 2.76. The van der Waals surface area contributed by atoms with Crippen LogP contribution >= 0.6 is 11.6 Å². The van der Waals surface area contributed by atoms with Crippen molar-refractivity contribution in [3.63, 3.8) is 0 Å². The monoisotopic (exact) mass is 462 g/mol. The summed E-state index contributed by atoms with van der Waals surface area (Å²) in [4.78, 5) is 8.95. The molecule has 0 bridgehead atoms. The van der Waals surface area contributed by atoms with E-state index in [0.29, 0.717) is 47.2 Å². The van der Waals surface area contributed by atoms with Crippen molar-refractivity contribution in [3.05, 3.63) is 41.4 Å². The van der Waals surface area contributed by atoms with Crippen LogP contribution in [0.2, 0.25) is 5.02 Å². The maximum atomic E-state index is 11.6. The Morgan fingerprint density at radius 2 is 1.74 bits per heavy atom. The molecule has 2 fully saturated rings. The van der Waals surface area contributed by atoms with Crippen LogP contribution in [0.5, 0.6) is 0 Å². The number of aromatic nitrogens is 2. The Kier molecular flexibility index (Phi) is 7.14. The molecule has 3 N–H and O–H groups in total. The lowest BCUT2D eigenvalue weighted by Gasteiger charge is -2.25. The fourth-order valence-electron chi connectivity index (χ4n) is 4.59. The van der Waals surface area contributed by atoms with Crippen molar-refractivity contribution >= 4 is 27.1 Å². The minimum atomic E-state index is -2.83. The van der Waals surface area contributed by atoms with Crippen LogP contribution in [0.15, 0.2) is 30.7 Å². The molecule has 1 aliphatic heterocycles. The number of halogens is 1. The van der Waals surface area contributed by atoms with Crippen molar-refractivity contribution in [3.8, 4) is 11.1 Å². The molecular weight excluding hydrogens is 432 g/mol. The molecule has 0 aromatic carbocycles. The summed E-state index contributed by atoms with van der Waals surface area (Å²) in [5.74, 6) is 1.58. The molecule has 1 aliphatic carbocycles. The Hall–Kier alpha value is -1.70. The highest BCUT2D eigenvalue weighted by molar-refractivity contribution is 7.91. The highest BCUT2D eigenvalue weighted by Crippen LogP contribution is 2.32. The molecule has 0 spiro atoms. The molecule has 8 heteroatoms. The first-order valence-corrected chi connectivity index (χ1v) is 13.4. The van der Waals surface area contributed by atoms with Gasteiger partial charge in [0.2, 0.25) is 0 Å². The summed E-state index contributed by atoms with van der Waals surface area (Å²) in [5, 5.41) is 4.04. The summed E-state index contributed by atoms with van der Waals surface area (Å²) in [5.41, 5.74) is 9.91. The average molecular weight is 463 g/mol. The van der Waals surface area contributed by atoms with Gasteiger partial charge in [0.1, 0.15) is 9.84 Å². The van der Waals surface area contributed by atoms with Crippen LogP contribution in [0, 0.1) is 11.8 Å². The van der Waals surface area contributed by atoms with Gasteiger partial charge in [-0.2, -0.15) is 0 Å². The van der Waals surface area contributed by atoms with Gasteiger partial charge in [0.05, 0.1) is 22.2 Å². The van der Waals surface area contributed by atoms with E-state index < -0.39 is 9.84 Å². The van der Waals surface area contributed by atoms with E-state index in [2.05, 4.69) is 27.4 Å². The van der Waals surface area contributed by atoms with Gasteiger partial charge in [0.25, 0.3) is 0 Å². The largest absolute Gasteiger partial charge is 0.384 e. The van der Waals surface area contributed by atoms with E-state index in [0.717, 1.165) is 61.2 Å². The molecule has 2 aromatic rings. The molecule has 6 nitrogen and oxygen atoms in total. The molecule has 0 atom stereocenters. The maximum Gasteiger partial charge on any atom is 0.150 e. The van der Waals surface area contributed by atoms with Gasteiger partial charge in [0.15, 0.2) is 0 Å². The van der Waals surface area contributed by atoms with E-state index in [1.54, 1.807) is 12.4 Å². The summed E-state index contributed by atoms with van der Waals surface area (Å²) >= 11 is 6.49. The molecule has 168 valence electrons. The number of hydrogen-bond acceptors (Lipinski definition) is 6. The number of pyridine rings is 2. The van der Waals surface area contributed by atoms with Gasteiger partial charge in [-0.1, -0.05) is 11.6 Å². The van der Waals surface area contributed by atoms with Crippen molar-refractivity contribution in [1.82, 2.24) is 9.97 Å². The summed E-state index contributed by atoms with van der Waals surface area (Å²) in [7, 11) is -2.83. The van der Waals surface area contributed by atoms with Crippen LogP contribution in [0.25, 0.3) is 11.1 Å². The van der Waals surface area contributed by atoms with E-state index >= 15 is 0 Å². The maximum absolute atomic E-state index is 11.6. The molecular formula is C23H31ClN4O2S. The smallest absolute Gasteiger partial charge is 0.150 e. The van der Waals surface area contributed by atoms with Crippen LogP contribution in [-0.4, -0.2) is 42.5 Å². The van der Waals surface area contributed by atoms with Gasteiger partial charge < -0.3 is 11.1 Å². The topological polar surface area (TPSA) is 98.0 Å². The van der Waals surface area contributed by atoms with Gasteiger partial charge in [0, 0.05) is 48.0 Å². The highest BCUT2D eigenvalue weighted by atomic mass is 35.5. The zero-order valence-electron chi connectivity index (χ0n) is 17.8. The third-order valence-corrected chi connectivity index (χ3v) is 8.64. The van der Waals surface area contributed by atoms with Crippen molar-refractivity contribution in [2.24, 2.45) is 17.6 Å². The lowest BCUT2D eigenvalue weighted by molar-refractivity contribution is 0.323. The number of hydrogen-bond donors (Lipinski definition) is 2. The van der Waals surface area contributed by atoms with Crippen molar-refractivity contribution in [2.45, 2.75) is 51.0 Å². The van der Waals surface area contributed by atoms with Gasteiger partial charge in [-0.3, -0.25) is 9.97 Å². The number of nitrogens with two attached hydrogens (primary N) is 1. The molecule has 1 saturated carbocycles. The second kappa shape index (κ2) is 9.84. The molecule has 0 radical (unpaired) electrons. The van der Waals surface area contributed by atoms with E-state index in [9.17, 15) is 8.42 Å². The van der Waals surface area contributed by atoms with Crippen molar-refractivity contribution in [1.29, 1.82) is 0 Å². The SMILES string of the molecule is NC1CCC(Cc2cc(-c3cncc(NCC4CCS(=O)(=O)CC4)c3)c(Cl)cn2)CC1. The zero-order chi connectivity index (χ0) is 21.8. The number of rotatable bonds is 6. The highest BCUT2D eigenvalue weighted by Gasteiger charge is 2.23. The van der Waals surface area contributed by atoms with Crippen LogP contribution in [0.1, 0.15) is 44.2 Å². The summed E-state index contributed by atoms with van der Waals surface area (Å²) in [6.07, 6.45) is 12.2. The molecule has 0 unspecified atom stereocenters. The molecule has 1 saturated heterocycles. The van der Waals surface area contributed by atoms with E-state index in [1.807, 2.05) is 6.20 Å². The number of nitrogens with one attached hydrogen (secondary N) is 1. The fourth-order valence-corrected chi connectivity index (χ4v) is 6.39. The standard InChI is InChI=1S/C23H31ClN4O2S/c24-23-15-28-20(9-16-1-3-19(25)4-2-16)11-22(23)18-10-21(14-26-13-18)27-12-17-5-7-31(29,30)8-6-17/h10-11,13-17,19,27H,1-9,12,25H2. The van der Waals surface area contributed by atoms with Crippen molar-refractivity contribution in [2.75, 3.05) is 23.4 Å². The quantitative estimate of drug-likeness (QED) is 0.670. The van der Waals surface area contributed by atoms with Crippen LogP contribution < -0.4 is 11.1 Å². The van der Waals surface area contributed by atoms with E-state index in [1.165, 1.54) is 0 Å². The Balaban J connectivity index is 1.42. The molecule has 2 aromatic heterocycles. The Labute approximate surface area is 189 Å². The lowest BCUT2D eigenvalue weighted by Crippen LogP contribution is -2.27. The van der Waals surface area contributed by atoms with Gasteiger partial charge in [-0.05, 0) is 68.9 Å². The summed E-state index contributed by atoms with van der Waals surface area (Å²) < 4.78 is 23.2. The molecule has 3 heterocycles. The summed E-state index contributed by atoms with van der Waals surface area (Å²) in [6.45, 7) is 0.750. The van der Waals surface area contributed by atoms with Gasteiger partial charge in [-0.25, -0.2) is 8.42 Å². The Morgan fingerprint density at radius 3 is 2.48 bits per heavy atom. The van der Waals surface area contributed by atoms with Gasteiger partial charge in [-0.15, -0.1) is 0 Å². The first kappa shape index (κ1) is 22.5. The molecule has 2 aliphatic rings. The van der Waals surface area contributed by atoms with Crippen LogP contribution in [0.4, 0.5) is 5.69 Å². The number of nitrogens with zero attached hydrogens (tertiary/aromatic N) is 2. The van der Waals surface area contributed by atoms with E-state index in [-0.39, 0.29) is 0 Å². The normalized spacial score (nSPS) is 24.1. The third kappa shape index (κ3) is 6.18. The Bertz CT molecular complexity index is 992. The third-order valence-electron chi connectivity index (χ3n) is 6.62. The molecule has 31 heavy (non-hydrogen) atoms. The fraction of sp³-hybridized carbons (Fsp3) is 0.565. The summed E-state index contributed by atoms with van der Waals surface area (Å²) in [6, 6.07) is 4.49. The predicted octanol–water partition coefficient (Wildman–Crippen LogP) is 4.09. The molecule has 4 rings (SSSR count). The van der Waals surface area contributed by atoms with Crippen molar-refractivity contribution < 1.29 is 8.42 Å². The van der Waals surface area contributed by atoms with Gasteiger partial charge >= 0.3 is 0 Å². The lowest BCUT2D eigenvalue weighted by atomic mass is 9.83. The number of sulfone groups is 1. The minimum absolute atomic E-state index is 0.292. The Morgan fingerprint density at radius 1 is 1.00 bits per heavy atom. The first-order valence-electron chi connectivity index (χ1n) is 11.2. The van der Waals surface area contributed by atoms with E-state index in [4.69, 9.17) is 17.3 Å². The molecule has 0 amide bonds.